The summed E-state index contributed by atoms with van der Waals surface area (Å²) in [5.74, 6) is 0.448. The zero-order chi connectivity index (χ0) is 26.7. The topological polar surface area (TPSA) is 77.7 Å². The van der Waals surface area contributed by atoms with E-state index in [0.29, 0.717) is 54.5 Å². The molecule has 0 atom stereocenters. The molecule has 2 aromatic rings. The molecule has 7 nitrogen and oxygen atoms in total. The van der Waals surface area contributed by atoms with Crippen molar-refractivity contribution >= 4 is 27.7 Å². The largest absolute Gasteiger partial charge is 0.433 e. The van der Waals surface area contributed by atoms with Crippen LogP contribution in [0.1, 0.15) is 64.1 Å². The number of fused-ring (bicyclic) bond motifs is 3. The smallest absolute Gasteiger partial charge is 0.428 e. The number of aromatic nitrogens is 2. The van der Waals surface area contributed by atoms with Crippen molar-refractivity contribution in [2.45, 2.75) is 75.2 Å². The first-order valence-electron chi connectivity index (χ1n) is 12.2. The number of hydrogen-bond donors (Lipinski definition) is 0. The van der Waals surface area contributed by atoms with Gasteiger partial charge in [0.2, 0.25) is 0 Å². The average Bonchev–Trinajstić information content (AvgIpc) is 3.32. The number of ether oxygens (including phenoxy) is 2. The highest BCUT2D eigenvalue weighted by atomic mass is 79.9. The first kappa shape index (κ1) is 26.4. The van der Waals surface area contributed by atoms with Crippen molar-refractivity contribution in [1.82, 2.24) is 10.1 Å². The van der Waals surface area contributed by atoms with Crippen molar-refractivity contribution in [3.63, 3.8) is 0 Å². The molecular formula is C25H28BrF4N3O4. The van der Waals surface area contributed by atoms with Gasteiger partial charge in [0, 0.05) is 22.1 Å². The van der Waals surface area contributed by atoms with Crippen LogP contribution in [0.5, 0.6) is 0 Å². The molecule has 1 saturated heterocycles. The molecular weight excluding hydrogens is 562 g/mol. The maximum Gasteiger partial charge on any atom is 0.433 e. The van der Waals surface area contributed by atoms with Crippen LogP contribution in [0.25, 0.3) is 0 Å². The predicted octanol–water partition coefficient (Wildman–Crippen LogP) is 6.60. The van der Waals surface area contributed by atoms with Crippen LogP contribution in [0.2, 0.25) is 0 Å². The van der Waals surface area contributed by atoms with Crippen molar-refractivity contribution in [3.05, 3.63) is 40.5 Å². The second-order valence-corrected chi connectivity index (χ2v) is 12.0. The summed E-state index contributed by atoms with van der Waals surface area (Å²) < 4.78 is 71.2. The number of amides is 1. The summed E-state index contributed by atoms with van der Waals surface area (Å²) in [6, 6.07) is 6.85. The molecule has 4 fully saturated rings. The summed E-state index contributed by atoms with van der Waals surface area (Å²) in [5.41, 5.74) is -4.57. The van der Waals surface area contributed by atoms with E-state index in [1.165, 1.54) is 18.7 Å². The fraction of sp³-hybridized carbons (Fsp3) is 0.640. The average molecular weight is 590 g/mol. The predicted molar refractivity (Wildman–Crippen MR) is 128 cm³/mol. The number of benzene rings is 1. The lowest BCUT2D eigenvalue weighted by atomic mass is 9.53. The highest BCUT2D eigenvalue weighted by molar-refractivity contribution is 9.10. The van der Waals surface area contributed by atoms with Gasteiger partial charge in [-0.1, -0.05) is 27.2 Å². The fourth-order valence-electron chi connectivity index (χ4n) is 5.55. The first-order chi connectivity index (χ1) is 17.3. The van der Waals surface area contributed by atoms with E-state index in [1.54, 1.807) is 24.3 Å². The lowest BCUT2D eigenvalue weighted by Gasteiger charge is -2.53. The molecule has 2 heterocycles. The van der Waals surface area contributed by atoms with Crippen LogP contribution in [0.15, 0.2) is 33.3 Å². The van der Waals surface area contributed by atoms with Gasteiger partial charge in [0.25, 0.3) is 11.5 Å². The molecule has 3 saturated carbocycles. The van der Waals surface area contributed by atoms with Gasteiger partial charge in [-0.2, -0.15) is 18.2 Å². The quantitative estimate of drug-likeness (QED) is 0.353. The highest BCUT2D eigenvalue weighted by Gasteiger charge is 2.64. The Bertz CT molecular complexity index is 1150. The Balaban J connectivity index is 1.37. The Hall–Kier alpha value is -2.21. The highest BCUT2D eigenvalue weighted by Crippen LogP contribution is 2.58. The van der Waals surface area contributed by atoms with Gasteiger partial charge >= 0.3 is 12.3 Å². The van der Waals surface area contributed by atoms with Crippen LogP contribution >= 0.6 is 15.9 Å². The number of carbonyl (C=O) groups is 1. The molecule has 0 spiro atoms. The second-order valence-electron chi connectivity index (χ2n) is 11.1. The number of nitrogens with zero attached hydrogens (tertiary/aromatic N) is 3. The Labute approximate surface area is 220 Å². The third-order valence-electron chi connectivity index (χ3n) is 8.11. The van der Waals surface area contributed by atoms with Crippen LogP contribution in [0, 0.1) is 5.41 Å². The zero-order valence-electron chi connectivity index (χ0n) is 20.5. The molecule has 0 unspecified atom stereocenters. The van der Waals surface area contributed by atoms with Gasteiger partial charge in [-0.05, 0) is 76.0 Å². The van der Waals surface area contributed by atoms with Gasteiger partial charge in [-0.25, -0.2) is 9.18 Å². The maximum atomic E-state index is 14.3. The van der Waals surface area contributed by atoms with E-state index >= 15 is 0 Å². The number of hydrogen-bond acceptors (Lipinski definition) is 6. The fourth-order valence-corrected chi connectivity index (χ4v) is 5.93. The first-order valence-corrected chi connectivity index (χ1v) is 13.0. The van der Waals surface area contributed by atoms with E-state index in [2.05, 4.69) is 26.1 Å². The molecule has 3 aliphatic carbocycles. The minimum atomic E-state index is -4.74. The summed E-state index contributed by atoms with van der Waals surface area (Å²) in [6.07, 6.45) is -1.54. The van der Waals surface area contributed by atoms with Gasteiger partial charge in [0.1, 0.15) is 0 Å². The van der Waals surface area contributed by atoms with Crippen LogP contribution in [-0.2, 0) is 20.6 Å². The monoisotopic (exact) mass is 589 g/mol. The van der Waals surface area contributed by atoms with Crippen LogP contribution in [-0.4, -0.2) is 47.8 Å². The molecule has 1 aliphatic heterocycles. The van der Waals surface area contributed by atoms with E-state index in [0.717, 1.165) is 0 Å². The molecule has 1 aromatic heterocycles. The third-order valence-corrected chi connectivity index (χ3v) is 8.61. The van der Waals surface area contributed by atoms with E-state index in [1.807, 2.05) is 0 Å². The Morgan fingerprint density at radius 2 is 1.76 bits per heavy atom. The molecule has 0 radical (unpaired) electrons. The van der Waals surface area contributed by atoms with E-state index in [-0.39, 0.29) is 23.3 Å². The lowest BCUT2D eigenvalue weighted by Crippen LogP contribution is -2.64. The standard InChI is InChI=1S/C25H28BrF4N3O4/c1-21(2,27)19-31-18(32-37-19)23-9-6-22(7-10-23,8-11-23)13-33(17-5-3-4-16(26)12-17)20(34)36-24(14-35-15-24)25(28,29)30/h3-5,12H,6-11,13-15H2,1-2H3. The summed E-state index contributed by atoms with van der Waals surface area (Å²) in [6.45, 7) is 1.50. The van der Waals surface area contributed by atoms with E-state index in [4.69, 9.17) is 14.0 Å². The Morgan fingerprint density at radius 3 is 2.24 bits per heavy atom. The molecule has 2 bridgehead atoms. The molecule has 12 heteroatoms. The van der Waals surface area contributed by atoms with E-state index in [9.17, 15) is 22.4 Å². The molecule has 1 amide bonds. The van der Waals surface area contributed by atoms with Crippen molar-refractivity contribution in [2.75, 3.05) is 24.7 Å². The van der Waals surface area contributed by atoms with Gasteiger partial charge in [-0.15, -0.1) is 0 Å². The second kappa shape index (κ2) is 8.93. The molecule has 4 aliphatic rings. The summed E-state index contributed by atoms with van der Waals surface area (Å²) in [5, 5.41) is 4.09. The lowest BCUT2D eigenvalue weighted by molar-refractivity contribution is -0.331. The maximum absolute atomic E-state index is 14.3. The van der Waals surface area contributed by atoms with Crippen molar-refractivity contribution in [1.29, 1.82) is 0 Å². The van der Waals surface area contributed by atoms with Crippen LogP contribution in [0.4, 0.5) is 28.0 Å². The molecule has 37 heavy (non-hydrogen) atoms. The van der Waals surface area contributed by atoms with Crippen molar-refractivity contribution in [2.24, 2.45) is 5.41 Å². The number of alkyl halides is 4. The normalized spacial score (nSPS) is 27.0. The molecule has 202 valence electrons. The summed E-state index contributed by atoms with van der Waals surface area (Å²) in [7, 11) is 0. The Morgan fingerprint density at radius 1 is 1.11 bits per heavy atom. The van der Waals surface area contributed by atoms with Gasteiger partial charge in [0.15, 0.2) is 11.5 Å². The van der Waals surface area contributed by atoms with Crippen LogP contribution in [0.3, 0.4) is 0 Å². The van der Waals surface area contributed by atoms with Crippen molar-refractivity contribution < 1.29 is 36.4 Å². The SMILES string of the molecule is CC(C)(F)c1nc(C23CCC(CN(C(=O)OC4(C(F)(F)F)COC4)c4cccc(Br)c4)(CC2)CC3)no1. The van der Waals surface area contributed by atoms with Crippen LogP contribution < -0.4 is 4.90 Å². The number of rotatable bonds is 6. The number of anilines is 1. The molecule has 1 aromatic carbocycles. The summed E-state index contributed by atoms with van der Waals surface area (Å²) in [4.78, 5) is 19.0. The van der Waals surface area contributed by atoms with Gasteiger partial charge < -0.3 is 14.0 Å². The number of carbonyl (C=O) groups excluding carboxylic acids is 1. The minimum absolute atomic E-state index is 0.0542. The van der Waals surface area contributed by atoms with Gasteiger partial charge in [0.05, 0.1) is 13.2 Å². The minimum Gasteiger partial charge on any atom is -0.428 e. The van der Waals surface area contributed by atoms with Crippen molar-refractivity contribution in [3.8, 4) is 0 Å². The third kappa shape index (κ3) is 4.75. The molecule has 0 N–H and O–H groups in total. The molecule has 6 rings (SSSR count). The Kier molecular flexibility index (Phi) is 6.37. The van der Waals surface area contributed by atoms with Gasteiger partial charge in [-0.3, -0.25) is 4.90 Å². The van der Waals surface area contributed by atoms with E-state index < -0.39 is 36.8 Å². The number of halogens is 5. The zero-order valence-corrected chi connectivity index (χ0v) is 22.1. The summed E-state index contributed by atoms with van der Waals surface area (Å²) >= 11 is 3.38.